The van der Waals surface area contributed by atoms with Crippen molar-refractivity contribution in [1.29, 1.82) is 0 Å². The number of benzene rings is 2. The Morgan fingerprint density at radius 1 is 1.06 bits per heavy atom. The molecule has 2 aromatic heterocycles. The number of carbonyl (C=O) groups is 1. The molecule has 1 aliphatic rings. The lowest BCUT2D eigenvalue weighted by Gasteiger charge is -2.31. The Morgan fingerprint density at radius 3 is 2.69 bits per heavy atom. The number of nitrogens with two attached hydrogens (primary N) is 2. The van der Waals surface area contributed by atoms with Gasteiger partial charge in [0.25, 0.3) is 0 Å². The highest BCUT2D eigenvalue weighted by atomic mass is 35.5. The van der Waals surface area contributed by atoms with Crippen molar-refractivity contribution in [3.05, 3.63) is 76.3 Å². The number of carbonyl (C=O) groups excluding carboxylic acids is 1. The molecule has 8 heteroatoms. The van der Waals surface area contributed by atoms with Gasteiger partial charge in [0.2, 0.25) is 5.91 Å². The minimum atomic E-state index is -0.423. The summed E-state index contributed by atoms with van der Waals surface area (Å²) < 4.78 is 0. The predicted molar refractivity (Wildman–Crippen MR) is 127 cm³/mol. The van der Waals surface area contributed by atoms with E-state index in [2.05, 4.69) is 32.0 Å². The van der Waals surface area contributed by atoms with Crippen molar-refractivity contribution >= 4 is 39.9 Å². The summed E-state index contributed by atoms with van der Waals surface area (Å²) in [5.41, 5.74) is 18.5. The van der Waals surface area contributed by atoms with Crippen molar-refractivity contribution in [3.8, 4) is 11.1 Å². The second kappa shape index (κ2) is 7.76. The number of aryl methyl sites for hydroxylation is 1. The number of rotatable bonds is 3. The van der Waals surface area contributed by atoms with Gasteiger partial charge in [-0.1, -0.05) is 17.7 Å². The van der Waals surface area contributed by atoms with E-state index in [4.69, 9.17) is 23.1 Å². The molecule has 0 radical (unpaired) electrons. The van der Waals surface area contributed by atoms with Crippen LogP contribution < -0.4 is 16.4 Å². The average molecular weight is 445 g/mol. The second-order valence-electron chi connectivity index (χ2n) is 8.01. The molecule has 0 spiro atoms. The van der Waals surface area contributed by atoms with Gasteiger partial charge in [0.05, 0.1) is 11.2 Å². The number of anilines is 2. The molecular weight excluding hydrogens is 424 g/mol. The van der Waals surface area contributed by atoms with E-state index in [1.807, 2.05) is 25.1 Å². The van der Waals surface area contributed by atoms with Crippen LogP contribution >= 0.6 is 11.6 Å². The Bertz CT molecular complexity index is 1390. The zero-order valence-corrected chi connectivity index (χ0v) is 18.2. The van der Waals surface area contributed by atoms with Crippen LogP contribution in [0.1, 0.15) is 27.0 Å². The molecule has 0 fully saturated rings. The first-order valence-electron chi connectivity index (χ1n) is 10.2. The van der Waals surface area contributed by atoms with E-state index in [0.717, 1.165) is 51.9 Å². The van der Waals surface area contributed by atoms with Gasteiger partial charge in [0.1, 0.15) is 12.1 Å². The van der Waals surface area contributed by atoms with Gasteiger partial charge in [-0.2, -0.15) is 0 Å². The van der Waals surface area contributed by atoms with E-state index < -0.39 is 5.91 Å². The summed E-state index contributed by atoms with van der Waals surface area (Å²) in [6, 6.07) is 11.6. The highest BCUT2D eigenvalue weighted by Gasteiger charge is 2.21. The summed E-state index contributed by atoms with van der Waals surface area (Å²) in [5.74, 6) is 0.429. The number of nitrogen functional groups attached to an aromatic ring is 1. The number of aromatic nitrogens is 3. The maximum Gasteiger partial charge on any atom is 0.248 e. The van der Waals surface area contributed by atoms with Gasteiger partial charge in [-0.15, -0.1) is 0 Å². The third-order valence-corrected chi connectivity index (χ3v) is 6.23. The van der Waals surface area contributed by atoms with Crippen molar-refractivity contribution in [2.75, 3.05) is 17.2 Å². The molecule has 0 bridgehead atoms. The Balaban J connectivity index is 1.60. The van der Waals surface area contributed by atoms with Gasteiger partial charge in [-0.05, 0) is 65.9 Å². The van der Waals surface area contributed by atoms with Crippen LogP contribution in [-0.4, -0.2) is 27.4 Å². The largest absolute Gasteiger partial charge is 0.396 e. The molecule has 4 N–H and O–H groups in total. The van der Waals surface area contributed by atoms with E-state index in [-0.39, 0.29) is 5.15 Å². The first-order chi connectivity index (χ1) is 15.4. The Labute approximate surface area is 190 Å². The molecule has 32 heavy (non-hydrogen) atoms. The van der Waals surface area contributed by atoms with Crippen LogP contribution in [0, 0.1) is 6.92 Å². The number of primary amides is 1. The van der Waals surface area contributed by atoms with E-state index in [0.29, 0.717) is 17.8 Å². The lowest BCUT2D eigenvalue weighted by molar-refractivity contribution is 0.1000. The summed E-state index contributed by atoms with van der Waals surface area (Å²) in [7, 11) is 0. The van der Waals surface area contributed by atoms with E-state index in [9.17, 15) is 4.79 Å². The lowest BCUT2D eigenvalue weighted by Crippen LogP contribution is -2.31. The molecule has 1 amide bonds. The molecule has 0 atom stereocenters. The van der Waals surface area contributed by atoms with Gasteiger partial charge in [-0.25, -0.2) is 15.0 Å². The summed E-state index contributed by atoms with van der Waals surface area (Å²) in [5, 5.41) is 1.24. The molecule has 0 saturated carbocycles. The minimum absolute atomic E-state index is 0.289. The van der Waals surface area contributed by atoms with Gasteiger partial charge in [-0.3, -0.25) is 4.79 Å². The number of halogens is 1. The number of hydrogen-bond acceptors (Lipinski definition) is 6. The fourth-order valence-corrected chi connectivity index (χ4v) is 4.37. The van der Waals surface area contributed by atoms with Crippen molar-refractivity contribution in [2.24, 2.45) is 5.73 Å². The fraction of sp³-hybridized carbons (Fsp3) is 0.167. The first-order valence-corrected chi connectivity index (χ1v) is 10.6. The first kappa shape index (κ1) is 20.2. The molecule has 2 aromatic carbocycles. The average Bonchev–Trinajstić information content (AvgIpc) is 2.79. The smallest absolute Gasteiger partial charge is 0.248 e. The summed E-state index contributed by atoms with van der Waals surface area (Å²) in [6.45, 7) is 3.48. The van der Waals surface area contributed by atoms with Crippen LogP contribution in [0.3, 0.4) is 0 Å². The Morgan fingerprint density at radius 2 is 1.91 bits per heavy atom. The van der Waals surface area contributed by atoms with Crippen molar-refractivity contribution in [2.45, 2.75) is 19.9 Å². The van der Waals surface area contributed by atoms with Crippen LogP contribution in [0.25, 0.3) is 22.0 Å². The van der Waals surface area contributed by atoms with Crippen molar-refractivity contribution < 1.29 is 4.79 Å². The van der Waals surface area contributed by atoms with E-state index >= 15 is 0 Å². The van der Waals surface area contributed by atoms with Crippen LogP contribution in [0.4, 0.5) is 11.5 Å². The van der Waals surface area contributed by atoms with Gasteiger partial charge in [0.15, 0.2) is 5.15 Å². The number of fused-ring (bicyclic) bond motifs is 2. The van der Waals surface area contributed by atoms with Crippen molar-refractivity contribution in [1.82, 2.24) is 15.0 Å². The fourth-order valence-electron chi connectivity index (χ4n) is 4.26. The third-order valence-electron chi connectivity index (χ3n) is 5.91. The lowest BCUT2D eigenvalue weighted by atomic mass is 9.96. The maximum atomic E-state index is 11.6. The molecule has 0 unspecified atom stereocenters. The molecule has 0 aliphatic carbocycles. The van der Waals surface area contributed by atoms with Crippen LogP contribution in [-0.2, 0) is 13.0 Å². The van der Waals surface area contributed by atoms with Gasteiger partial charge < -0.3 is 16.4 Å². The van der Waals surface area contributed by atoms with E-state index in [1.165, 1.54) is 5.56 Å². The third kappa shape index (κ3) is 3.50. The summed E-state index contributed by atoms with van der Waals surface area (Å²) in [6.07, 6.45) is 4.17. The Hall–Kier alpha value is -3.71. The normalized spacial score (nSPS) is 13.2. The zero-order valence-electron chi connectivity index (χ0n) is 17.5. The second-order valence-corrected chi connectivity index (χ2v) is 8.37. The topological polar surface area (TPSA) is 111 Å². The summed E-state index contributed by atoms with van der Waals surface area (Å²) in [4.78, 5) is 27.2. The molecule has 1 aliphatic heterocycles. The zero-order chi connectivity index (χ0) is 22.4. The maximum absolute atomic E-state index is 11.6. The molecule has 7 nitrogen and oxygen atoms in total. The molecule has 3 heterocycles. The highest BCUT2D eigenvalue weighted by Crippen LogP contribution is 2.34. The van der Waals surface area contributed by atoms with Crippen LogP contribution in [0.5, 0.6) is 0 Å². The standard InChI is InChI=1S/C24H21ClN6O/c1-13-6-16(17-9-20(26)22(25)28-10-17)8-19-21(13)29-12-30-24(19)31-5-4-14-2-3-15(23(27)32)7-18(14)11-31/h2-3,6-10,12H,4-5,11,26H2,1H3,(H2,27,32). The number of hydrogen-bond donors (Lipinski definition) is 2. The highest BCUT2D eigenvalue weighted by molar-refractivity contribution is 6.31. The molecule has 4 aromatic rings. The van der Waals surface area contributed by atoms with Gasteiger partial charge >= 0.3 is 0 Å². The molecule has 160 valence electrons. The predicted octanol–water partition coefficient (Wildman–Crippen LogP) is 3.90. The molecule has 0 saturated heterocycles. The van der Waals surface area contributed by atoms with Crippen molar-refractivity contribution in [3.63, 3.8) is 0 Å². The summed E-state index contributed by atoms with van der Waals surface area (Å²) >= 11 is 6.00. The number of amides is 1. The number of pyridine rings is 1. The number of nitrogens with zero attached hydrogens (tertiary/aromatic N) is 4. The molecule has 5 rings (SSSR count). The van der Waals surface area contributed by atoms with Crippen LogP contribution in [0.2, 0.25) is 5.15 Å². The van der Waals surface area contributed by atoms with Gasteiger partial charge in [0, 0.05) is 35.8 Å². The Kier molecular flexibility index (Phi) is 4.90. The molecular formula is C24H21ClN6O. The van der Waals surface area contributed by atoms with Crippen LogP contribution in [0.15, 0.2) is 48.9 Å². The quantitative estimate of drug-likeness (QED) is 0.463. The minimum Gasteiger partial charge on any atom is -0.396 e. The SMILES string of the molecule is Cc1cc(-c2cnc(Cl)c(N)c2)cc2c(N3CCc4ccc(C(N)=O)cc4C3)ncnc12. The van der Waals surface area contributed by atoms with E-state index in [1.54, 1.807) is 18.6 Å². The monoisotopic (exact) mass is 444 g/mol.